The molecule has 2 rings (SSSR count). The number of hydrogen-bond acceptors (Lipinski definition) is 3. The van der Waals surface area contributed by atoms with Crippen molar-refractivity contribution < 1.29 is 0 Å². The molecule has 0 unspecified atom stereocenters. The summed E-state index contributed by atoms with van der Waals surface area (Å²) in [6.45, 7) is 2.14. The van der Waals surface area contributed by atoms with Crippen molar-refractivity contribution in [3.05, 3.63) is 35.9 Å². The molecule has 0 radical (unpaired) electrons. The number of hydrogen-bond donors (Lipinski definition) is 0. The Bertz CT molecular complexity index is 263. The van der Waals surface area contributed by atoms with E-state index in [1.807, 2.05) is 11.9 Å². The van der Waals surface area contributed by atoms with Gasteiger partial charge in [0.15, 0.2) is 0 Å². The van der Waals surface area contributed by atoms with Gasteiger partial charge in [-0.1, -0.05) is 42.3 Å². The molecule has 0 N–H and O–H groups in total. The van der Waals surface area contributed by atoms with Crippen LogP contribution in [0.15, 0.2) is 30.3 Å². The molecule has 0 aliphatic carbocycles. The first-order valence-electron chi connectivity index (χ1n) is 4.45. The van der Waals surface area contributed by atoms with Crippen LogP contribution in [0.4, 0.5) is 0 Å². The molecule has 0 spiro atoms. The van der Waals surface area contributed by atoms with E-state index in [1.165, 1.54) is 5.56 Å². The van der Waals surface area contributed by atoms with Crippen LogP contribution in [0.3, 0.4) is 0 Å². The van der Waals surface area contributed by atoms with Crippen LogP contribution in [0.5, 0.6) is 0 Å². The van der Waals surface area contributed by atoms with Crippen LogP contribution in [-0.2, 0) is 6.54 Å². The molecule has 1 saturated heterocycles. The summed E-state index contributed by atoms with van der Waals surface area (Å²) in [4.78, 5) is 2.43. The van der Waals surface area contributed by atoms with Crippen LogP contribution in [0.1, 0.15) is 5.56 Å². The Balaban J connectivity index is 1.92. The summed E-state index contributed by atoms with van der Waals surface area (Å²) in [6, 6.07) is 10.6. The highest BCUT2D eigenvalue weighted by atomic mass is 32.2. The molecule has 1 heterocycles. The lowest BCUT2D eigenvalue weighted by Crippen LogP contribution is -2.22. The lowest BCUT2D eigenvalue weighted by molar-refractivity contribution is 0.275. The maximum atomic E-state index is 2.43. The van der Waals surface area contributed by atoms with Gasteiger partial charge in [0, 0.05) is 6.54 Å². The molecule has 70 valence electrons. The van der Waals surface area contributed by atoms with E-state index in [-0.39, 0.29) is 0 Å². The van der Waals surface area contributed by atoms with Gasteiger partial charge in [-0.05, 0) is 12.6 Å². The Morgan fingerprint density at radius 1 is 1.31 bits per heavy atom. The van der Waals surface area contributed by atoms with Crippen molar-refractivity contribution in [1.29, 1.82) is 0 Å². The van der Waals surface area contributed by atoms with Crippen LogP contribution in [-0.4, -0.2) is 28.8 Å². The largest absolute Gasteiger partial charge is 0.275 e. The lowest BCUT2D eigenvalue weighted by atomic mass is 10.2. The van der Waals surface area contributed by atoms with E-state index < -0.39 is 0 Å². The number of nitrogens with zero attached hydrogens (tertiary/aromatic N) is 2. The van der Waals surface area contributed by atoms with Gasteiger partial charge in [0.25, 0.3) is 0 Å². The second-order valence-corrected chi connectivity index (χ2v) is 4.48. The molecule has 3 heteroatoms. The third kappa shape index (κ3) is 2.46. The highest BCUT2D eigenvalue weighted by Gasteiger charge is 2.16. The van der Waals surface area contributed by atoms with Crippen LogP contribution < -0.4 is 0 Å². The monoisotopic (exact) mass is 194 g/mol. The third-order valence-electron chi connectivity index (χ3n) is 2.11. The summed E-state index contributed by atoms with van der Waals surface area (Å²) >= 11 is 1.88. The van der Waals surface area contributed by atoms with E-state index in [2.05, 4.69) is 46.6 Å². The summed E-state index contributed by atoms with van der Waals surface area (Å²) < 4.78 is 2.27. The maximum absolute atomic E-state index is 2.43. The van der Waals surface area contributed by atoms with Crippen molar-refractivity contribution in [1.82, 2.24) is 9.21 Å². The molecule has 1 aliphatic heterocycles. The zero-order valence-corrected chi connectivity index (χ0v) is 8.63. The summed E-state index contributed by atoms with van der Waals surface area (Å²) in [6.07, 6.45) is 0. The van der Waals surface area contributed by atoms with Gasteiger partial charge in [0.1, 0.15) is 0 Å². The van der Waals surface area contributed by atoms with Crippen molar-refractivity contribution in [2.75, 3.05) is 19.6 Å². The van der Waals surface area contributed by atoms with Crippen LogP contribution in [0.2, 0.25) is 0 Å². The Hall–Kier alpha value is -0.510. The van der Waals surface area contributed by atoms with Crippen LogP contribution in [0, 0.1) is 0 Å². The van der Waals surface area contributed by atoms with Crippen LogP contribution >= 0.6 is 11.9 Å². The zero-order chi connectivity index (χ0) is 9.10. The van der Waals surface area contributed by atoms with Gasteiger partial charge in [-0.2, -0.15) is 0 Å². The fraction of sp³-hybridized carbons (Fsp3) is 0.400. The van der Waals surface area contributed by atoms with E-state index in [1.54, 1.807) is 0 Å². The van der Waals surface area contributed by atoms with Crippen molar-refractivity contribution in [3.8, 4) is 0 Å². The molecule has 1 fully saturated rings. The van der Waals surface area contributed by atoms with E-state index in [4.69, 9.17) is 0 Å². The standard InChI is InChI=1S/C10H14N2S/c1-11-8-12(9-13-11)7-10-5-3-2-4-6-10/h2-6H,7-9H2,1H3. The highest BCUT2D eigenvalue weighted by Crippen LogP contribution is 2.20. The van der Waals surface area contributed by atoms with Crippen molar-refractivity contribution in [2.45, 2.75) is 6.54 Å². The quantitative estimate of drug-likeness (QED) is 0.665. The summed E-state index contributed by atoms with van der Waals surface area (Å²) in [5.74, 6) is 1.12. The molecular formula is C10H14N2S. The maximum Gasteiger partial charge on any atom is 0.0614 e. The van der Waals surface area contributed by atoms with Gasteiger partial charge in [0.05, 0.1) is 12.5 Å². The van der Waals surface area contributed by atoms with Gasteiger partial charge in [-0.3, -0.25) is 4.90 Å². The van der Waals surface area contributed by atoms with Gasteiger partial charge in [0.2, 0.25) is 0 Å². The molecule has 1 aromatic rings. The van der Waals surface area contributed by atoms with E-state index in [0.29, 0.717) is 0 Å². The predicted molar refractivity (Wildman–Crippen MR) is 57.1 cm³/mol. The molecule has 0 amide bonds. The second kappa shape index (κ2) is 4.13. The minimum atomic E-state index is 1.07. The molecule has 0 aromatic heterocycles. The average Bonchev–Trinajstić information content (AvgIpc) is 2.53. The Kier molecular flexibility index (Phi) is 2.88. The van der Waals surface area contributed by atoms with E-state index in [0.717, 1.165) is 19.1 Å². The molecule has 0 atom stereocenters. The Labute approximate surface area is 83.7 Å². The fourth-order valence-corrected chi connectivity index (χ4v) is 2.26. The minimum Gasteiger partial charge on any atom is -0.275 e. The average molecular weight is 194 g/mol. The number of benzene rings is 1. The third-order valence-corrected chi connectivity index (χ3v) is 3.15. The SMILES string of the molecule is CN1CN(Cc2ccccc2)CS1. The van der Waals surface area contributed by atoms with Gasteiger partial charge in [-0.15, -0.1) is 0 Å². The van der Waals surface area contributed by atoms with Crippen molar-refractivity contribution >= 4 is 11.9 Å². The summed E-state index contributed by atoms with van der Waals surface area (Å²) in [5, 5.41) is 0. The summed E-state index contributed by atoms with van der Waals surface area (Å²) in [5.41, 5.74) is 1.40. The lowest BCUT2D eigenvalue weighted by Gasteiger charge is -2.13. The first kappa shape index (κ1) is 9.06. The summed E-state index contributed by atoms with van der Waals surface area (Å²) in [7, 11) is 2.13. The molecule has 1 aromatic carbocycles. The predicted octanol–water partition coefficient (Wildman–Crippen LogP) is 2.00. The number of rotatable bonds is 2. The van der Waals surface area contributed by atoms with Crippen molar-refractivity contribution in [3.63, 3.8) is 0 Å². The molecule has 0 saturated carbocycles. The fourth-order valence-electron chi connectivity index (χ4n) is 1.48. The second-order valence-electron chi connectivity index (χ2n) is 3.34. The van der Waals surface area contributed by atoms with Crippen molar-refractivity contribution in [2.24, 2.45) is 0 Å². The molecule has 2 nitrogen and oxygen atoms in total. The van der Waals surface area contributed by atoms with E-state index in [9.17, 15) is 0 Å². The topological polar surface area (TPSA) is 6.48 Å². The molecule has 13 heavy (non-hydrogen) atoms. The molecule has 0 bridgehead atoms. The molecule has 1 aliphatic rings. The van der Waals surface area contributed by atoms with Gasteiger partial charge >= 0.3 is 0 Å². The van der Waals surface area contributed by atoms with Gasteiger partial charge in [-0.25, -0.2) is 4.31 Å². The molecular weight excluding hydrogens is 180 g/mol. The first-order chi connectivity index (χ1) is 6.34. The first-order valence-corrected chi connectivity index (χ1v) is 5.39. The Morgan fingerprint density at radius 3 is 2.69 bits per heavy atom. The Morgan fingerprint density at radius 2 is 2.08 bits per heavy atom. The normalized spacial score (nSPS) is 19.5. The van der Waals surface area contributed by atoms with Gasteiger partial charge < -0.3 is 0 Å². The van der Waals surface area contributed by atoms with Crippen LogP contribution in [0.25, 0.3) is 0 Å². The highest BCUT2D eigenvalue weighted by molar-refractivity contribution is 7.97. The smallest absolute Gasteiger partial charge is 0.0614 e. The minimum absolute atomic E-state index is 1.07. The zero-order valence-electron chi connectivity index (χ0n) is 7.81. The van der Waals surface area contributed by atoms with E-state index >= 15 is 0 Å².